The molecule has 5 heterocycles. The van der Waals surface area contributed by atoms with Crippen molar-refractivity contribution in [2.45, 2.75) is 12.1 Å². The number of aliphatic hydroxyl groups is 1. The van der Waals surface area contributed by atoms with Gasteiger partial charge in [0.25, 0.3) is 0 Å². The van der Waals surface area contributed by atoms with E-state index >= 15 is 4.39 Å². The van der Waals surface area contributed by atoms with E-state index in [1.54, 1.807) is 14.1 Å². The molecule has 1 aliphatic heterocycles. The maximum absolute atomic E-state index is 15.6. The first kappa shape index (κ1) is 27.4. The Hall–Kier alpha value is -4.82. The summed E-state index contributed by atoms with van der Waals surface area (Å²) in [5, 5.41) is 23.7. The van der Waals surface area contributed by atoms with Gasteiger partial charge < -0.3 is 35.7 Å². The molecule has 5 aromatic rings. The van der Waals surface area contributed by atoms with Crippen LogP contribution in [-0.4, -0.2) is 94.1 Å². The predicted molar refractivity (Wildman–Crippen MR) is 156 cm³/mol. The third-order valence-corrected chi connectivity index (χ3v) is 7.90. The smallest absolute Gasteiger partial charge is 0.341 e. The van der Waals surface area contributed by atoms with Gasteiger partial charge in [-0.1, -0.05) is 0 Å². The molecule has 0 spiro atoms. The first-order valence-corrected chi connectivity index (χ1v) is 13.1. The normalized spacial score (nSPS) is 17.2. The van der Waals surface area contributed by atoms with Crippen molar-refractivity contribution < 1.29 is 23.8 Å². The summed E-state index contributed by atoms with van der Waals surface area (Å²) in [5.41, 5.74) is 4.09. The number of pyridine rings is 3. The Morgan fingerprint density at radius 2 is 1.90 bits per heavy atom. The van der Waals surface area contributed by atoms with Crippen LogP contribution in [0.4, 0.5) is 20.2 Å². The van der Waals surface area contributed by atoms with Gasteiger partial charge in [-0.2, -0.15) is 0 Å². The van der Waals surface area contributed by atoms with Crippen LogP contribution in [0.5, 0.6) is 0 Å². The minimum Gasteiger partial charge on any atom is -0.477 e. The van der Waals surface area contributed by atoms with Crippen LogP contribution in [-0.2, 0) is 0 Å². The minimum absolute atomic E-state index is 0.0130. The maximum Gasteiger partial charge on any atom is 0.341 e. The van der Waals surface area contributed by atoms with Crippen LogP contribution < -0.4 is 21.1 Å². The summed E-state index contributed by atoms with van der Waals surface area (Å²) in [4.78, 5) is 40.9. The molecule has 0 amide bonds. The van der Waals surface area contributed by atoms with Crippen LogP contribution >= 0.6 is 0 Å². The van der Waals surface area contributed by atoms with Crippen molar-refractivity contribution in [2.75, 3.05) is 56.9 Å². The summed E-state index contributed by atoms with van der Waals surface area (Å²) in [5.74, 6) is -3.49. The lowest BCUT2D eigenvalue weighted by molar-refractivity contribution is 0.0695. The number of benzene rings is 1. The van der Waals surface area contributed by atoms with E-state index in [9.17, 15) is 24.2 Å². The Labute approximate surface area is 237 Å². The van der Waals surface area contributed by atoms with E-state index < -0.39 is 34.7 Å². The number of aromatic nitrogens is 4. The molecule has 4 aromatic heterocycles. The number of anilines is 2. The number of H-pyrrole nitrogens is 1. The van der Waals surface area contributed by atoms with Gasteiger partial charge in [-0.15, -0.1) is 0 Å². The molecule has 42 heavy (non-hydrogen) atoms. The van der Waals surface area contributed by atoms with Crippen LogP contribution in [0.3, 0.4) is 0 Å². The van der Waals surface area contributed by atoms with Crippen LogP contribution in [0.2, 0.25) is 0 Å². The Balaban J connectivity index is 1.71. The number of likely N-dealkylation sites (N-methyl/N-ethyl adjacent to an activating group) is 1. The molecule has 0 unspecified atom stereocenters. The molecule has 1 fully saturated rings. The quantitative estimate of drug-likeness (QED) is 0.203. The van der Waals surface area contributed by atoms with E-state index in [0.29, 0.717) is 45.6 Å². The van der Waals surface area contributed by atoms with Gasteiger partial charge in [-0.25, -0.2) is 28.2 Å². The number of aromatic carboxylic acids is 1. The number of hydrogen-bond acceptors (Lipinski definition) is 9. The number of carbonyl (C=O) groups is 1. The number of halogens is 2. The van der Waals surface area contributed by atoms with Crippen molar-refractivity contribution in [2.24, 2.45) is 0 Å². The maximum atomic E-state index is 15.6. The number of fused-ring (bicyclic) bond motifs is 4. The minimum atomic E-state index is -1.39. The summed E-state index contributed by atoms with van der Waals surface area (Å²) in [6.45, 7) is 0.549. The fourth-order valence-corrected chi connectivity index (χ4v) is 5.82. The average Bonchev–Trinajstić information content (AvgIpc) is 3.55. The molecule has 14 heteroatoms. The number of carboxylic acids is 1. The molecular formula is C28H28F2N8O4. The zero-order valence-electron chi connectivity index (χ0n) is 23.2. The van der Waals surface area contributed by atoms with Gasteiger partial charge in [-0.3, -0.25) is 4.79 Å². The third kappa shape index (κ3) is 4.01. The van der Waals surface area contributed by atoms with Crippen LogP contribution in [0.25, 0.3) is 44.1 Å². The highest BCUT2D eigenvalue weighted by molar-refractivity contribution is 6.18. The lowest BCUT2D eigenvalue weighted by Crippen LogP contribution is -2.38. The van der Waals surface area contributed by atoms with E-state index in [1.165, 1.54) is 23.1 Å². The molecule has 1 aliphatic rings. The van der Waals surface area contributed by atoms with Gasteiger partial charge in [0.1, 0.15) is 11.2 Å². The van der Waals surface area contributed by atoms with Gasteiger partial charge in [0.2, 0.25) is 5.43 Å². The summed E-state index contributed by atoms with van der Waals surface area (Å²) >= 11 is 0. The van der Waals surface area contributed by atoms with Crippen molar-refractivity contribution in [3.63, 3.8) is 0 Å². The van der Waals surface area contributed by atoms with Crippen molar-refractivity contribution in [3.8, 4) is 11.1 Å². The standard InChI is InChI=1S/C28H28F2N8O4/c1-31-17-6-16(29)22(30)20-21-24(37-10-18(36(3)4)19(39)11-37)14(8-33-26(21)35-23(17)20)12-5-13-25(40)15(28(41)42)9-38(32-2)27(13)34-7-12/h5-9,18-19,31-32,39H,10-11H2,1-4H3,(H,33,35)(H,41,42)/t18-,19+/m0/s1. The zero-order chi connectivity index (χ0) is 30.0. The third-order valence-electron chi connectivity index (χ3n) is 7.90. The van der Waals surface area contributed by atoms with Crippen molar-refractivity contribution >= 4 is 50.3 Å². The SMILES string of the molecule is CNc1cc(F)c(F)c2c1[nH]c1ncc(-c3cnc4c(c3)c(=O)c(C(=O)O)cn4NC)c(N3C[C@@H](O)[C@@H](N(C)C)C3)c12. The molecule has 0 aliphatic carbocycles. The Bertz CT molecular complexity index is 1970. The molecule has 218 valence electrons. The van der Waals surface area contributed by atoms with Gasteiger partial charge in [-0.05, 0) is 20.2 Å². The van der Waals surface area contributed by atoms with Gasteiger partial charge in [0.05, 0.1) is 45.2 Å². The van der Waals surface area contributed by atoms with E-state index in [-0.39, 0.29) is 29.0 Å². The second kappa shape index (κ2) is 9.92. The molecule has 6 rings (SSSR count). The number of β-amino-alcohol motifs (C(OH)–C–C–N with tert-alkyl or cyclic N) is 1. The number of rotatable bonds is 6. The molecule has 1 aromatic carbocycles. The first-order chi connectivity index (χ1) is 20.0. The number of nitrogens with one attached hydrogen (secondary N) is 3. The van der Waals surface area contributed by atoms with Crippen LogP contribution in [0.1, 0.15) is 10.4 Å². The second-order valence-corrected chi connectivity index (χ2v) is 10.5. The molecule has 5 N–H and O–H groups in total. The lowest BCUT2D eigenvalue weighted by atomic mass is 10.0. The molecular weight excluding hydrogens is 550 g/mol. The molecule has 2 atom stereocenters. The zero-order valence-corrected chi connectivity index (χ0v) is 23.2. The van der Waals surface area contributed by atoms with Crippen LogP contribution in [0.15, 0.2) is 35.5 Å². The lowest BCUT2D eigenvalue weighted by Gasteiger charge is -2.25. The predicted octanol–water partition coefficient (Wildman–Crippen LogP) is 2.40. The van der Waals surface area contributed by atoms with Crippen LogP contribution in [0, 0.1) is 11.6 Å². The highest BCUT2D eigenvalue weighted by atomic mass is 19.2. The monoisotopic (exact) mass is 578 g/mol. The average molecular weight is 579 g/mol. The summed E-state index contributed by atoms with van der Waals surface area (Å²) in [6.07, 6.45) is 3.46. The molecule has 0 saturated carbocycles. The van der Waals surface area contributed by atoms with Gasteiger partial charge in [0.15, 0.2) is 17.3 Å². The fraction of sp³-hybridized carbons (Fsp3) is 0.286. The Morgan fingerprint density at radius 3 is 2.55 bits per heavy atom. The summed E-state index contributed by atoms with van der Waals surface area (Å²) in [6, 6.07) is 2.32. The highest BCUT2D eigenvalue weighted by Gasteiger charge is 2.36. The Morgan fingerprint density at radius 1 is 1.14 bits per heavy atom. The van der Waals surface area contributed by atoms with E-state index in [1.807, 2.05) is 23.9 Å². The Kier molecular flexibility index (Phi) is 6.46. The fourth-order valence-electron chi connectivity index (χ4n) is 5.82. The molecule has 0 bridgehead atoms. The van der Waals surface area contributed by atoms with Crippen molar-refractivity contribution in [1.29, 1.82) is 0 Å². The highest BCUT2D eigenvalue weighted by Crippen LogP contribution is 2.44. The van der Waals surface area contributed by atoms with E-state index in [4.69, 9.17) is 0 Å². The molecule has 12 nitrogen and oxygen atoms in total. The van der Waals surface area contributed by atoms with E-state index in [2.05, 4.69) is 25.7 Å². The number of hydrogen-bond donors (Lipinski definition) is 5. The summed E-state index contributed by atoms with van der Waals surface area (Å²) in [7, 11) is 6.85. The largest absolute Gasteiger partial charge is 0.477 e. The number of nitrogens with zero attached hydrogens (tertiary/aromatic N) is 5. The number of carboxylic acid groups (broad SMARTS) is 1. The van der Waals surface area contributed by atoms with Crippen molar-refractivity contribution in [3.05, 3.63) is 58.1 Å². The molecule has 1 saturated heterocycles. The van der Waals surface area contributed by atoms with E-state index in [0.717, 1.165) is 12.3 Å². The topological polar surface area (TPSA) is 152 Å². The van der Waals surface area contributed by atoms with Gasteiger partial charge in [0, 0.05) is 63.0 Å². The number of aliphatic hydroxyl groups excluding tert-OH is 1. The summed E-state index contributed by atoms with van der Waals surface area (Å²) < 4.78 is 31.8. The molecule has 0 radical (unpaired) electrons. The number of aromatic amines is 1. The van der Waals surface area contributed by atoms with Crippen molar-refractivity contribution in [1.82, 2.24) is 24.5 Å². The first-order valence-electron chi connectivity index (χ1n) is 13.1. The van der Waals surface area contributed by atoms with Gasteiger partial charge >= 0.3 is 5.97 Å². The second-order valence-electron chi connectivity index (χ2n) is 10.5.